The van der Waals surface area contributed by atoms with Crippen LogP contribution in [0.2, 0.25) is 0 Å². The van der Waals surface area contributed by atoms with Gasteiger partial charge in [-0.25, -0.2) is 4.98 Å². The first-order valence-electron chi connectivity index (χ1n) is 6.51. The molecule has 3 nitrogen and oxygen atoms in total. The summed E-state index contributed by atoms with van der Waals surface area (Å²) in [5.41, 5.74) is -0.538. The Labute approximate surface area is 115 Å². The molecule has 1 heterocycles. The Balaban J connectivity index is 2.48. The average Bonchev–Trinajstić information content (AvgIpc) is 2.65. The summed E-state index contributed by atoms with van der Waals surface area (Å²) in [6, 6.07) is 0. The SMILES string of the molecule is CC(C)C(C)(O)CNCc1cnc(C(C)(C)C)s1. The minimum absolute atomic E-state index is 0.117. The van der Waals surface area contributed by atoms with E-state index >= 15 is 0 Å². The van der Waals surface area contributed by atoms with E-state index in [1.165, 1.54) is 4.88 Å². The molecule has 1 aromatic rings. The van der Waals surface area contributed by atoms with Crippen LogP contribution in [0.15, 0.2) is 6.20 Å². The van der Waals surface area contributed by atoms with Gasteiger partial charge < -0.3 is 10.4 Å². The highest BCUT2D eigenvalue weighted by atomic mass is 32.1. The van der Waals surface area contributed by atoms with Crippen molar-refractivity contribution in [3.05, 3.63) is 16.1 Å². The smallest absolute Gasteiger partial charge is 0.0981 e. The molecule has 0 saturated heterocycles. The molecule has 0 aromatic carbocycles. The van der Waals surface area contributed by atoms with E-state index in [-0.39, 0.29) is 11.3 Å². The summed E-state index contributed by atoms with van der Waals surface area (Å²) in [4.78, 5) is 5.68. The molecule has 104 valence electrons. The van der Waals surface area contributed by atoms with Gasteiger partial charge >= 0.3 is 0 Å². The van der Waals surface area contributed by atoms with Crippen molar-refractivity contribution >= 4 is 11.3 Å². The summed E-state index contributed by atoms with van der Waals surface area (Å²) in [7, 11) is 0. The number of rotatable bonds is 5. The Hall–Kier alpha value is -0.450. The zero-order valence-corrected chi connectivity index (χ0v) is 13.2. The first-order valence-corrected chi connectivity index (χ1v) is 7.33. The molecule has 0 aliphatic carbocycles. The van der Waals surface area contributed by atoms with Gasteiger partial charge in [0.1, 0.15) is 0 Å². The number of aromatic nitrogens is 1. The second kappa shape index (κ2) is 5.68. The van der Waals surface area contributed by atoms with E-state index in [0.717, 1.165) is 11.6 Å². The first-order chi connectivity index (χ1) is 8.13. The molecular formula is C14H26N2OS. The third-order valence-electron chi connectivity index (χ3n) is 3.22. The monoisotopic (exact) mass is 270 g/mol. The first kappa shape index (κ1) is 15.6. The van der Waals surface area contributed by atoms with E-state index in [1.807, 2.05) is 27.0 Å². The summed E-state index contributed by atoms with van der Waals surface area (Å²) in [6.07, 6.45) is 1.93. The number of hydrogen-bond acceptors (Lipinski definition) is 4. The lowest BCUT2D eigenvalue weighted by molar-refractivity contribution is 0.0140. The third-order valence-corrected chi connectivity index (χ3v) is 4.64. The van der Waals surface area contributed by atoms with E-state index in [0.29, 0.717) is 6.54 Å². The van der Waals surface area contributed by atoms with Gasteiger partial charge in [0.2, 0.25) is 0 Å². The molecule has 0 aliphatic heterocycles. The maximum Gasteiger partial charge on any atom is 0.0981 e. The summed E-state index contributed by atoms with van der Waals surface area (Å²) in [6.45, 7) is 13.8. The lowest BCUT2D eigenvalue weighted by Crippen LogP contribution is -2.41. The molecule has 1 aromatic heterocycles. The van der Waals surface area contributed by atoms with Crippen molar-refractivity contribution in [1.82, 2.24) is 10.3 Å². The Morgan fingerprint density at radius 2 is 1.94 bits per heavy atom. The Kier molecular flexibility index (Phi) is 4.92. The average molecular weight is 270 g/mol. The largest absolute Gasteiger partial charge is 0.389 e. The van der Waals surface area contributed by atoms with Crippen molar-refractivity contribution in [2.75, 3.05) is 6.54 Å². The minimum atomic E-state index is -0.655. The van der Waals surface area contributed by atoms with Crippen molar-refractivity contribution in [2.45, 2.75) is 59.1 Å². The maximum atomic E-state index is 10.1. The van der Waals surface area contributed by atoms with Crippen LogP contribution < -0.4 is 5.32 Å². The molecule has 0 bridgehead atoms. The molecule has 2 N–H and O–H groups in total. The number of thiazole rings is 1. The van der Waals surface area contributed by atoms with Crippen LogP contribution in [-0.4, -0.2) is 22.2 Å². The Morgan fingerprint density at radius 3 is 2.39 bits per heavy atom. The van der Waals surface area contributed by atoms with Crippen LogP contribution in [0.4, 0.5) is 0 Å². The standard InChI is InChI=1S/C14H26N2OS/c1-10(2)14(6,17)9-15-7-11-8-16-12(18-11)13(3,4)5/h8,10,15,17H,7,9H2,1-6H3. The molecule has 1 unspecified atom stereocenters. The van der Waals surface area contributed by atoms with Crippen molar-refractivity contribution in [3.63, 3.8) is 0 Å². The molecule has 1 rings (SSSR count). The molecular weight excluding hydrogens is 244 g/mol. The molecule has 0 fully saturated rings. The van der Waals surface area contributed by atoms with Gasteiger partial charge in [0.05, 0.1) is 10.6 Å². The predicted octanol–water partition coefficient (Wildman–Crippen LogP) is 2.94. The fraction of sp³-hybridized carbons (Fsp3) is 0.786. The van der Waals surface area contributed by atoms with Crippen molar-refractivity contribution in [3.8, 4) is 0 Å². The zero-order chi connectivity index (χ0) is 14.0. The highest BCUT2D eigenvalue weighted by Gasteiger charge is 2.24. The van der Waals surface area contributed by atoms with E-state index in [2.05, 4.69) is 31.1 Å². The van der Waals surface area contributed by atoms with Gasteiger partial charge in [-0.15, -0.1) is 11.3 Å². The molecule has 1 atom stereocenters. The van der Waals surface area contributed by atoms with Crippen molar-refractivity contribution < 1.29 is 5.11 Å². The second-order valence-electron chi connectivity index (χ2n) is 6.50. The number of aliphatic hydroxyl groups is 1. The molecule has 4 heteroatoms. The van der Waals surface area contributed by atoms with Gasteiger partial charge in [0.25, 0.3) is 0 Å². The maximum absolute atomic E-state index is 10.1. The van der Waals surface area contributed by atoms with Gasteiger partial charge in [0, 0.05) is 29.6 Å². The predicted molar refractivity (Wildman–Crippen MR) is 78.0 cm³/mol. The lowest BCUT2D eigenvalue weighted by atomic mass is 9.93. The lowest BCUT2D eigenvalue weighted by Gasteiger charge is -2.27. The zero-order valence-electron chi connectivity index (χ0n) is 12.4. The van der Waals surface area contributed by atoms with Crippen LogP contribution in [0, 0.1) is 5.92 Å². The van der Waals surface area contributed by atoms with Gasteiger partial charge in [-0.1, -0.05) is 34.6 Å². The number of hydrogen-bond donors (Lipinski definition) is 2. The summed E-state index contributed by atoms with van der Waals surface area (Å²) in [5.74, 6) is 0.247. The summed E-state index contributed by atoms with van der Waals surface area (Å²) in [5, 5.41) is 14.6. The molecule has 0 amide bonds. The van der Waals surface area contributed by atoms with Crippen LogP contribution in [0.1, 0.15) is 51.4 Å². The normalized spacial score (nSPS) is 16.0. The third kappa shape index (κ3) is 4.34. The van der Waals surface area contributed by atoms with Gasteiger partial charge in [-0.3, -0.25) is 0 Å². The highest BCUT2D eigenvalue weighted by Crippen LogP contribution is 2.26. The van der Waals surface area contributed by atoms with Crippen molar-refractivity contribution in [1.29, 1.82) is 0 Å². The van der Waals surface area contributed by atoms with E-state index < -0.39 is 5.60 Å². The Morgan fingerprint density at radius 1 is 1.33 bits per heavy atom. The highest BCUT2D eigenvalue weighted by molar-refractivity contribution is 7.11. The quantitative estimate of drug-likeness (QED) is 0.864. The summed E-state index contributed by atoms with van der Waals surface area (Å²) < 4.78 is 0. The molecule has 0 radical (unpaired) electrons. The minimum Gasteiger partial charge on any atom is -0.389 e. The van der Waals surface area contributed by atoms with Gasteiger partial charge in [0.15, 0.2) is 0 Å². The fourth-order valence-electron chi connectivity index (χ4n) is 1.38. The molecule has 18 heavy (non-hydrogen) atoms. The molecule has 0 spiro atoms. The number of nitrogens with one attached hydrogen (secondary N) is 1. The van der Waals surface area contributed by atoms with Crippen LogP contribution >= 0.6 is 11.3 Å². The van der Waals surface area contributed by atoms with E-state index in [9.17, 15) is 5.11 Å². The van der Waals surface area contributed by atoms with E-state index in [4.69, 9.17) is 0 Å². The van der Waals surface area contributed by atoms with Gasteiger partial charge in [-0.2, -0.15) is 0 Å². The molecule has 0 aliphatic rings. The van der Waals surface area contributed by atoms with Crippen LogP contribution in [0.5, 0.6) is 0 Å². The molecule has 0 saturated carbocycles. The van der Waals surface area contributed by atoms with Crippen LogP contribution in [0.25, 0.3) is 0 Å². The summed E-state index contributed by atoms with van der Waals surface area (Å²) >= 11 is 1.74. The topological polar surface area (TPSA) is 45.1 Å². The number of nitrogens with zero attached hydrogens (tertiary/aromatic N) is 1. The Bertz CT molecular complexity index is 377. The van der Waals surface area contributed by atoms with Crippen LogP contribution in [-0.2, 0) is 12.0 Å². The van der Waals surface area contributed by atoms with E-state index in [1.54, 1.807) is 11.3 Å². The fourth-order valence-corrected chi connectivity index (χ4v) is 2.32. The second-order valence-corrected chi connectivity index (χ2v) is 7.61. The van der Waals surface area contributed by atoms with Crippen molar-refractivity contribution in [2.24, 2.45) is 5.92 Å². The van der Waals surface area contributed by atoms with Gasteiger partial charge in [-0.05, 0) is 12.8 Å². The van der Waals surface area contributed by atoms with Crippen LogP contribution in [0.3, 0.4) is 0 Å².